The molecule has 3 aromatic rings. The quantitative estimate of drug-likeness (QED) is 0.519. The molecule has 1 fully saturated rings. The van der Waals surface area contributed by atoms with Gasteiger partial charge in [0.15, 0.2) is 0 Å². The van der Waals surface area contributed by atoms with Crippen molar-refractivity contribution < 1.29 is 24.5 Å². The first kappa shape index (κ1) is 23.3. The number of hydrogen-bond acceptors (Lipinski definition) is 9. The van der Waals surface area contributed by atoms with Gasteiger partial charge in [-0.2, -0.15) is 10.2 Å². The first-order chi connectivity index (χ1) is 16.8. The molecule has 184 valence electrons. The number of carbonyl (C=O) groups excluding carboxylic acids is 2. The van der Waals surface area contributed by atoms with E-state index in [0.29, 0.717) is 45.4 Å². The molecule has 0 spiro atoms. The lowest BCUT2D eigenvalue weighted by Gasteiger charge is -2.43. The normalized spacial score (nSPS) is 21.0. The maximum atomic E-state index is 13.7. The van der Waals surface area contributed by atoms with Crippen LogP contribution in [0.2, 0.25) is 0 Å². The van der Waals surface area contributed by atoms with Crippen molar-refractivity contribution in [2.75, 3.05) is 32.1 Å². The smallest absolute Gasteiger partial charge is 0.261 e. The zero-order valence-corrected chi connectivity index (χ0v) is 20.3. The Morgan fingerprint density at radius 3 is 2.57 bits per heavy atom. The van der Waals surface area contributed by atoms with E-state index in [9.17, 15) is 19.8 Å². The third-order valence-electron chi connectivity index (χ3n) is 6.54. The average Bonchev–Trinajstić information content (AvgIpc) is 3.58. The number of likely N-dealkylation sites (tertiary alicyclic amines) is 1. The molecule has 0 radical (unpaired) electrons. The van der Waals surface area contributed by atoms with Gasteiger partial charge in [0.2, 0.25) is 12.3 Å². The number of rotatable bonds is 6. The molecule has 5 rings (SSSR count). The number of methoxy groups -OCH3 is 1. The van der Waals surface area contributed by atoms with Gasteiger partial charge in [0, 0.05) is 24.7 Å². The summed E-state index contributed by atoms with van der Waals surface area (Å²) in [6, 6.07) is 6.29. The number of aromatic nitrogens is 3. The standard InChI is InChI=1S/C23H26N6O5S/c1-13-18-20(32)28(15-8-11-26(2)19(15)31)23(33)27(22(18)35-21(13)29-24-9-10-25-29)12-16(30)14-6-4-5-7-17(14)34-3/h4-7,9-10,15-16,23,30,33H,8,11-12H2,1-3H3/t15-,16+,23?/m1/s1. The Labute approximate surface area is 205 Å². The van der Waals surface area contributed by atoms with Crippen molar-refractivity contribution >= 4 is 28.2 Å². The van der Waals surface area contributed by atoms with Crippen LogP contribution in [0.3, 0.4) is 0 Å². The summed E-state index contributed by atoms with van der Waals surface area (Å²) in [5.41, 5.74) is 1.55. The van der Waals surface area contributed by atoms with Crippen LogP contribution in [0.1, 0.15) is 34.0 Å². The topological polar surface area (TPSA) is 124 Å². The number of amides is 2. The van der Waals surface area contributed by atoms with Crippen LogP contribution in [0.15, 0.2) is 36.7 Å². The molecular formula is C23H26N6O5S. The van der Waals surface area contributed by atoms with Crippen LogP contribution in [0, 0.1) is 6.92 Å². The first-order valence-corrected chi connectivity index (χ1v) is 12.0. The predicted octanol–water partition coefficient (Wildman–Crippen LogP) is 1.15. The van der Waals surface area contributed by atoms with Crippen LogP contribution < -0.4 is 9.64 Å². The maximum absolute atomic E-state index is 13.7. The Bertz CT molecular complexity index is 1260. The number of β-amino-alcohol motifs (C(OH)–C–C–N with tert-alkyl or cyclic N) is 1. The third kappa shape index (κ3) is 3.74. The van der Waals surface area contributed by atoms with E-state index in [2.05, 4.69) is 10.2 Å². The lowest BCUT2D eigenvalue weighted by Crippen LogP contribution is -2.60. The van der Waals surface area contributed by atoms with E-state index in [0.717, 1.165) is 0 Å². The highest BCUT2D eigenvalue weighted by Gasteiger charge is 2.48. The summed E-state index contributed by atoms with van der Waals surface area (Å²) in [4.78, 5) is 32.3. The molecule has 1 aromatic carbocycles. The number of ether oxygens (including phenoxy) is 1. The van der Waals surface area contributed by atoms with Crippen molar-refractivity contribution in [3.05, 3.63) is 53.3 Å². The molecule has 2 aliphatic rings. The SMILES string of the molecule is COc1ccccc1[C@@H](O)CN1c2sc(-n3nccn3)c(C)c2C(=O)N([C@@H]2CCN(C)C2=O)C1O. The largest absolute Gasteiger partial charge is 0.496 e. The Hall–Kier alpha value is -3.48. The van der Waals surface area contributed by atoms with Crippen molar-refractivity contribution in [3.8, 4) is 10.8 Å². The first-order valence-electron chi connectivity index (χ1n) is 11.2. The number of nitrogens with zero attached hydrogens (tertiary/aromatic N) is 6. The van der Waals surface area contributed by atoms with Gasteiger partial charge in [0.05, 0.1) is 31.6 Å². The Morgan fingerprint density at radius 1 is 1.20 bits per heavy atom. The fourth-order valence-electron chi connectivity index (χ4n) is 4.71. The zero-order chi connectivity index (χ0) is 24.9. The summed E-state index contributed by atoms with van der Waals surface area (Å²) >= 11 is 1.25. The number of anilines is 1. The maximum Gasteiger partial charge on any atom is 0.261 e. The molecule has 0 bridgehead atoms. The minimum Gasteiger partial charge on any atom is -0.496 e. The summed E-state index contributed by atoms with van der Waals surface area (Å²) < 4.78 is 5.40. The van der Waals surface area contributed by atoms with Gasteiger partial charge in [-0.25, -0.2) is 0 Å². The summed E-state index contributed by atoms with van der Waals surface area (Å²) in [5.74, 6) is -0.152. The minimum atomic E-state index is -1.45. The second kappa shape index (κ2) is 8.95. The highest BCUT2D eigenvalue weighted by atomic mass is 32.1. The second-order valence-corrected chi connectivity index (χ2v) is 9.54. The van der Waals surface area contributed by atoms with Crippen LogP contribution in [-0.4, -0.2) is 86.5 Å². The fraction of sp³-hybridized carbons (Fsp3) is 0.391. The zero-order valence-electron chi connectivity index (χ0n) is 19.5. The van der Waals surface area contributed by atoms with Gasteiger partial charge in [-0.15, -0.1) is 4.80 Å². The highest BCUT2D eigenvalue weighted by molar-refractivity contribution is 7.19. The van der Waals surface area contributed by atoms with Crippen molar-refractivity contribution in [2.24, 2.45) is 0 Å². The molecule has 2 amide bonds. The third-order valence-corrected chi connectivity index (χ3v) is 7.84. The number of likely N-dealkylation sites (N-methyl/N-ethyl adjacent to an activating group) is 1. The molecule has 0 saturated carbocycles. The van der Waals surface area contributed by atoms with Crippen LogP contribution >= 0.6 is 11.3 Å². The highest BCUT2D eigenvalue weighted by Crippen LogP contribution is 2.44. The molecule has 3 atom stereocenters. The van der Waals surface area contributed by atoms with Gasteiger partial charge in [0.25, 0.3) is 5.91 Å². The van der Waals surface area contributed by atoms with Gasteiger partial charge < -0.3 is 24.7 Å². The van der Waals surface area contributed by atoms with Crippen molar-refractivity contribution in [1.82, 2.24) is 24.8 Å². The van der Waals surface area contributed by atoms with Gasteiger partial charge >= 0.3 is 0 Å². The van der Waals surface area contributed by atoms with E-state index < -0.39 is 24.4 Å². The monoisotopic (exact) mass is 498 g/mol. The van der Waals surface area contributed by atoms with E-state index in [1.807, 2.05) is 0 Å². The Balaban J connectivity index is 1.60. The summed E-state index contributed by atoms with van der Waals surface area (Å²) in [7, 11) is 3.20. The van der Waals surface area contributed by atoms with E-state index in [1.165, 1.54) is 40.5 Å². The number of para-hydroxylation sites is 1. The van der Waals surface area contributed by atoms with Gasteiger partial charge in [-0.3, -0.25) is 14.5 Å². The molecular weight excluding hydrogens is 472 g/mol. The molecule has 1 unspecified atom stereocenters. The van der Waals surface area contributed by atoms with Gasteiger partial charge in [0.1, 0.15) is 27.9 Å². The van der Waals surface area contributed by atoms with E-state index in [1.54, 1.807) is 48.0 Å². The van der Waals surface area contributed by atoms with Crippen molar-refractivity contribution in [2.45, 2.75) is 31.8 Å². The van der Waals surface area contributed by atoms with Gasteiger partial charge in [-0.1, -0.05) is 29.5 Å². The molecule has 35 heavy (non-hydrogen) atoms. The predicted molar refractivity (Wildman–Crippen MR) is 127 cm³/mol. The summed E-state index contributed by atoms with van der Waals surface area (Å²) in [6.07, 6.45) is 0.998. The van der Waals surface area contributed by atoms with Crippen LogP contribution in [0.25, 0.3) is 5.00 Å². The molecule has 2 N–H and O–H groups in total. The molecule has 0 aliphatic carbocycles. The minimum absolute atomic E-state index is 0.0407. The van der Waals surface area contributed by atoms with Gasteiger partial charge in [-0.05, 0) is 19.4 Å². The molecule has 1 saturated heterocycles. The summed E-state index contributed by atoms with van der Waals surface area (Å²) in [6.45, 7) is 2.24. The molecule has 2 aromatic heterocycles. The Kier molecular flexibility index (Phi) is 5.95. The van der Waals surface area contributed by atoms with E-state index in [-0.39, 0.29) is 12.5 Å². The fourth-order valence-corrected chi connectivity index (χ4v) is 5.95. The van der Waals surface area contributed by atoms with Crippen LogP contribution in [0.5, 0.6) is 5.75 Å². The van der Waals surface area contributed by atoms with Crippen molar-refractivity contribution in [3.63, 3.8) is 0 Å². The number of aliphatic hydroxyl groups excluding tert-OH is 2. The number of aliphatic hydroxyl groups is 2. The molecule has 2 aliphatic heterocycles. The number of benzene rings is 1. The lowest BCUT2D eigenvalue weighted by molar-refractivity contribution is -0.133. The van der Waals surface area contributed by atoms with Crippen LogP contribution in [-0.2, 0) is 4.79 Å². The molecule has 12 heteroatoms. The van der Waals surface area contributed by atoms with Crippen molar-refractivity contribution in [1.29, 1.82) is 0 Å². The number of hydrogen-bond donors (Lipinski definition) is 2. The molecule has 4 heterocycles. The number of carbonyl (C=O) groups is 2. The number of fused-ring (bicyclic) bond motifs is 1. The lowest BCUT2D eigenvalue weighted by atomic mass is 10.0. The second-order valence-electron chi connectivity index (χ2n) is 8.56. The average molecular weight is 499 g/mol. The summed E-state index contributed by atoms with van der Waals surface area (Å²) in [5, 5.41) is 32.1. The van der Waals surface area contributed by atoms with E-state index in [4.69, 9.17) is 4.74 Å². The van der Waals surface area contributed by atoms with Crippen LogP contribution in [0.4, 0.5) is 5.00 Å². The Morgan fingerprint density at radius 2 is 1.91 bits per heavy atom. The van der Waals surface area contributed by atoms with E-state index >= 15 is 0 Å². The number of thiophene rings is 1. The molecule has 11 nitrogen and oxygen atoms in total.